The maximum atomic E-state index is 9.39. The number of hydrogen-bond donors (Lipinski definition) is 1. The van der Waals surface area contributed by atoms with Crippen LogP contribution in [0.1, 0.15) is 38.8 Å². The Morgan fingerprint density at radius 3 is 1.83 bits per heavy atom. The second-order valence-corrected chi connectivity index (χ2v) is 7.02. The highest BCUT2D eigenvalue weighted by molar-refractivity contribution is 6.62. The van der Waals surface area contributed by atoms with Crippen LogP contribution in [0.2, 0.25) is 0 Å². The highest BCUT2D eigenvalue weighted by Crippen LogP contribution is 2.36. The van der Waals surface area contributed by atoms with Gasteiger partial charge in [-0.25, -0.2) is 0 Å². The van der Waals surface area contributed by atoms with E-state index in [-0.39, 0.29) is 11.2 Å². The summed E-state index contributed by atoms with van der Waals surface area (Å²) in [4.78, 5) is 0. The minimum atomic E-state index is -0.393. The standard InChI is InChI=1S/C19H22BNO3/c1-18(2)19(3,4)24-20(23-18)16-12-10-15(11-13-16)17(21-22)14-8-6-5-7-9-14/h5-13,22H,1-4H3. The Kier molecular flexibility index (Phi) is 4.24. The van der Waals surface area contributed by atoms with Gasteiger partial charge in [-0.2, -0.15) is 0 Å². The van der Waals surface area contributed by atoms with Crippen molar-refractivity contribution in [3.8, 4) is 0 Å². The molecule has 0 amide bonds. The maximum Gasteiger partial charge on any atom is 0.494 e. The average molecular weight is 323 g/mol. The molecule has 0 aromatic heterocycles. The fraction of sp³-hybridized carbons (Fsp3) is 0.316. The summed E-state index contributed by atoms with van der Waals surface area (Å²) in [5.41, 5.74) is 2.46. The molecule has 4 nitrogen and oxygen atoms in total. The molecule has 1 saturated heterocycles. The Morgan fingerprint density at radius 1 is 0.833 bits per heavy atom. The highest BCUT2D eigenvalue weighted by atomic mass is 16.7. The van der Waals surface area contributed by atoms with Gasteiger partial charge in [0.05, 0.1) is 11.2 Å². The number of hydrogen-bond acceptors (Lipinski definition) is 4. The molecule has 0 aliphatic carbocycles. The van der Waals surface area contributed by atoms with Crippen molar-refractivity contribution >= 4 is 18.3 Å². The molecule has 0 bridgehead atoms. The van der Waals surface area contributed by atoms with Crippen LogP contribution in [0.15, 0.2) is 59.8 Å². The van der Waals surface area contributed by atoms with Gasteiger partial charge >= 0.3 is 7.12 Å². The van der Waals surface area contributed by atoms with E-state index in [2.05, 4.69) is 5.16 Å². The summed E-state index contributed by atoms with van der Waals surface area (Å²) in [6.07, 6.45) is 0. The van der Waals surface area contributed by atoms with Crippen molar-refractivity contribution in [2.45, 2.75) is 38.9 Å². The summed E-state index contributed by atoms with van der Waals surface area (Å²) >= 11 is 0. The van der Waals surface area contributed by atoms with E-state index in [1.54, 1.807) is 0 Å². The zero-order valence-electron chi connectivity index (χ0n) is 14.5. The van der Waals surface area contributed by atoms with Crippen molar-refractivity contribution < 1.29 is 14.5 Å². The lowest BCUT2D eigenvalue weighted by atomic mass is 9.78. The van der Waals surface area contributed by atoms with Crippen molar-refractivity contribution in [3.63, 3.8) is 0 Å². The fourth-order valence-electron chi connectivity index (χ4n) is 2.66. The molecule has 0 unspecified atom stereocenters. The van der Waals surface area contributed by atoms with Crippen LogP contribution in [-0.4, -0.2) is 29.2 Å². The monoisotopic (exact) mass is 323 g/mol. The van der Waals surface area contributed by atoms with Crippen LogP contribution in [0.25, 0.3) is 0 Å². The Labute approximate surface area is 143 Å². The van der Waals surface area contributed by atoms with Crippen LogP contribution < -0.4 is 5.46 Å². The first-order valence-corrected chi connectivity index (χ1v) is 8.07. The van der Waals surface area contributed by atoms with E-state index in [0.29, 0.717) is 5.71 Å². The van der Waals surface area contributed by atoms with E-state index in [0.717, 1.165) is 16.6 Å². The maximum absolute atomic E-state index is 9.39. The van der Waals surface area contributed by atoms with Crippen LogP contribution in [0.5, 0.6) is 0 Å². The van der Waals surface area contributed by atoms with Gasteiger partial charge in [0.15, 0.2) is 0 Å². The summed E-state index contributed by atoms with van der Waals surface area (Å²) in [5.74, 6) is 0. The number of nitrogens with zero attached hydrogens (tertiary/aromatic N) is 1. The lowest BCUT2D eigenvalue weighted by molar-refractivity contribution is 0.00578. The first kappa shape index (κ1) is 16.7. The summed E-state index contributed by atoms with van der Waals surface area (Å²) in [7, 11) is -0.393. The fourth-order valence-corrected chi connectivity index (χ4v) is 2.66. The normalized spacial score (nSPS) is 19.5. The number of oxime groups is 1. The molecule has 1 aliphatic heterocycles. The van der Waals surface area contributed by atoms with E-state index in [4.69, 9.17) is 9.31 Å². The van der Waals surface area contributed by atoms with Gasteiger partial charge in [0.1, 0.15) is 5.71 Å². The van der Waals surface area contributed by atoms with Crippen molar-refractivity contribution in [1.82, 2.24) is 0 Å². The van der Waals surface area contributed by atoms with E-state index in [1.165, 1.54) is 0 Å². The van der Waals surface area contributed by atoms with Crippen LogP contribution in [0, 0.1) is 0 Å². The molecule has 0 radical (unpaired) electrons. The van der Waals surface area contributed by atoms with Gasteiger partial charge in [-0.3, -0.25) is 0 Å². The minimum absolute atomic E-state index is 0.363. The van der Waals surface area contributed by atoms with Crippen molar-refractivity contribution in [3.05, 3.63) is 65.7 Å². The molecule has 1 heterocycles. The number of rotatable bonds is 3. The van der Waals surface area contributed by atoms with Crippen molar-refractivity contribution in [1.29, 1.82) is 0 Å². The van der Waals surface area contributed by atoms with Crippen molar-refractivity contribution in [2.75, 3.05) is 0 Å². The third-order valence-electron chi connectivity index (χ3n) is 4.86. The van der Waals surface area contributed by atoms with Gasteiger partial charge in [0.2, 0.25) is 0 Å². The topological polar surface area (TPSA) is 51.0 Å². The van der Waals surface area contributed by atoms with E-state index in [9.17, 15) is 5.21 Å². The third kappa shape index (κ3) is 2.97. The predicted molar refractivity (Wildman–Crippen MR) is 96.0 cm³/mol. The SMILES string of the molecule is CC1(C)OB(c2ccc(C(=NO)c3ccccc3)cc2)OC1(C)C. The molecule has 1 fully saturated rings. The minimum Gasteiger partial charge on any atom is -0.410 e. The van der Waals surface area contributed by atoms with Gasteiger partial charge in [0.25, 0.3) is 0 Å². The summed E-state index contributed by atoms with van der Waals surface area (Å²) in [5, 5.41) is 12.8. The molecule has 124 valence electrons. The van der Waals surface area contributed by atoms with Gasteiger partial charge in [0, 0.05) is 11.1 Å². The zero-order valence-corrected chi connectivity index (χ0v) is 14.5. The van der Waals surface area contributed by atoms with Crippen LogP contribution in [0.3, 0.4) is 0 Å². The number of benzene rings is 2. The molecule has 2 aromatic rings. The molecule has 0 spiro atoms. The Balaban J connectivity index is 1.84. The first-order chi connectivity index (χ1) is 11.3. The Bertz CT molecular complexity index is 723. The first-order valence-electron chi connectivity index (χ1n) is 8.07. The quantitative estimate of drug-likeness (QED) is 0.408. The second kappa shape index (κ2) is 6.08. The molecular formula is C19H22BNO3. The molecule has 24 heavy (non-hydrogen) atoms. The average Bonchev–Trinajstić information content (AvgIpc) is 2.78. The molecular weight excluding hydrogens is 301 g/mol. The van der Waals surface area contributed by atoms with Gasteiger partial charge < -0.3 is 14.5 Å². The molecule has 5 heteroatoms. The van der Waals surface area contributed by atoms with Gasteiger partial charge in [-0.05, 0) is 33.2 Å². The third-order valence-corrected chi connectivity index (χ3v) is 4.86. The summed E-state index contributed by atoms with van der Waals surface area (Å²) < 4.78 is 12.1. The Hall–Kier alpha value is -2.11. The van der Waals surface area contributed by atoms with E-state index < -0.39 is 7.12 Å². The predicted octanol–water partition coefficient (Wildman–Crippen LogP) is 3.21. The Morgan fingerprint density at radius 2 is 1.33 bits per heavy atom. The van der Waals surface area contributed by atoms with E-state index >= 15 is 0 Å². The summed E-state index contributed by atoms with van der Waals surface area (Å²) in [6.45, 7) is 8.14. The summed E-state index contributed by atoms with van der Waals surface area (Å²) in [6, 6.07) is 17.3. The van der Waals surface area contributed by atoms with Crippen LogP contribution in [0.4, 0.5) is 0 Å². The molecule has 1 aliphatic rings. The van der Waals surface area contributed by atoms with Crippen LogP contribution >= 0.6 is 0 Å². The molecule has 2 aromatic carbocycles. The lowest BCUT2D eigenvalue weighted by Gasteiger charge is -2.32. The second-order valence-electron chi connectivity index (χ2n) is 7.02. The highest BCUT2D eigenvalue weighted by Gasteiger charge is 2.51. The van der Waals surface area contributed by atoms with Gasteiger partial charge in [-0.1, -0.05) is 59.8 Å². The van der Waals surface area contributed by atoms with E-state index in [1.807, 2.05) is 82.3 Å². The lowest BCUT2D eigenvalue weighted by Crippen LogP contribution is -2.41. The van der Waals surface area contributed by atoms with Crippen LogP contribution in [-0.2, 0) is 9.31 Å². The molecule has 0 atom stereocenters. The molecule has 0 saturated carbocycles. The smallest absolute Gasteiger partial charge is 0.410 e. The largest absolute Gasteiger partial charge is 0.494 e. The zero-order chi connectivity index (χ0) is 17.4. The van der Waals surface area contributed by atoms with Crippen molar-refractivity contribution in [2.24, 2.45) is 5.16 Å². The molecule has 3 rings (SSSR count). The van der Waals surface area contributed by atoms with Gasteiger partial charge in [-0.15, -0.1) is 0 Å². The molecule has 1 N–H and O–H groups in total.